The first kappa shape index (κ1) is 16.9. The Hall–Kier alpha value is -2.21. The van der Waals surface area contributed by atoms with Gasteiger partial charge in [0, 0.05) is 29.7 Å². The molecule has 5 nitrogen and oxygen atoms in total. The summed E-state index contributed by atoms with van der Waals surface area (Å²) < 4.78 is 3.09. The van der Waals surface area contributed by atoms with E-state index in [2.05, 4.69) is 41.5 Å². The second-order valence-electron chi connectivity index (χ2n) is 7.64. The van der Waals surface area contributed by atoms with Crippen LogP contribution in [0.15, 0.2) is 53.1 Å². The van der Waals surface area contributed by atoms with Crippen LogP contribution < -0.4 is 0 Å². The van der Waals surface area contributed by atoms with E-state index in [0.29, 0.717) is 0 Å². The summed E-state index contributed by atoms with van der Waals surface area (Å²) in [6.45, 7) is 1.55. The molecule has 27 heavy (non-hydrogen) atoms. The van der Waals surface area contributed by atoms with Crippen molar-refractivity contribution in [2.24, 2.45) is 0 Å². The first-order chi connectivity index (χ1) is 13.2. The van der Waals surface area contributed by atoms with Crippen LogP contribution in [0.2, 0.25) is 0 Å². The summed E-state index contributed by atoms with van der Waals surface area (Å²) in [7, 11) is 0. The van der Waals surface area contributed by atoms with Gasteiger partial charge in [-0.2, -0.15) is 0 Å². The Morgan fingerprint density at radius 2 is 1.93 bits per heavy atom. The van der Waals surface area contributed by atoms with Gasteiger partial charge in [-0.25, -0.2) is 0 Å². The van der Waals surface area contributed by atoms with Gasteiger partial charge in [0.05, 0.1) is 5.41 Å². The first-order valence-corrected chi connectivity index (χ1v) is 10.3. The molecule has 1 atom stereocenters. The number of hydrogen-bond acceptors (Lipinski definition) is 3. The van der Waals surface area contributed by atoms with Crippen molar-refractivity contribution in [2.45, 2.75) is 37.0 Å². The summed E-state index contributed by atoms with van der Waals surface area (Å²) in [6, 6.07) is 14.1. The summed E-state index contributed by atoms with van der Waals surface area (Å²) in [5, 5.41) is 8.72. The number of carbonyl (C=O) groups excluding carboxylic acids is 1. The monoisotopic (exact) mass is 424 g/mol. The van der Waals surface area contributed by atoms with Crippen LogP contribution in [0.4, 0.5) is 0 Å². The van der Waals surface area contributed by atoms with E-state index in [0.717, 1.165) is 60.3 Å². The fourth-order valence-corrected chi connectivity index (χ4v) is 5.05. The maximum atomic E-state index is 13.5. The molecule has 1 unspecified atom stereocenters. The second-order valence-corrected chi connectivity index (χ2v) is 8.49. The van der Waals surface area contributed by atoms with Crippen molar-refractivity contribution in [2.75, 3.05) is 13.1 Å². The standard InChI is InChI=1S/C21H21BrN4O/c22-17-8-2-1-7-16(17)21(10-11-21)20(27)25-12-5-6-15(14-25)19-24-23-18-9-3-4-13-26(18)19/h1-4,7-9,13,15H,5-6,10-12,14H2. The first-order valence-electron chi connectivity index (χ1n) is 9.53. The van der Waals surface area contributed by atoms with Crippen LogP contribution in [-0.4, -0.2) is 38.5 Å². The maximum Gasteiger partial charge on any atom is 0.233 e. The summed E-state index contributed by atoms with van der Waals surface area (Å²) in [4.78, 5) is 15.5. The molecular formula is C21H21BrN4O. The highest BCUT2D eigenvalue weighted by Gasteiger charge is 2.54. The van der Waals surface area contributed by atoms with Crippen LogP contribution in [0.3, 0.4) is 0 Å². The summed E-state index contributed by atoms with van der Waals surface area (Å²) in [5.41, 5.74) is 1.66. The van der Waals surface area contributed by atoms with Gasteiger partial charge in [-0.3, -0.25) is 9.20 Å². The largest absolute Gasteiger partial charge is 0.341 e. The Bertz CT molecular complexity index is 1010. The van der Waals surface area contributed by atoms with Gasteiger partial charge in [0.25, 0.3) is 0 Å². The van der Waals surface area contributed by atoms with Gasteiger partial charge in [-0.05, 0) is 49.4 Å². The third-order valence-electron chi connectivity index (χ3n) is 5.96. The minimum absolute atomic E-state index is 0.232. The van der Waals surface area contributed by atoms with Crippen molar-refractivity contribution in [1.82, 2.24) is 19.5 Å². The molecule has 2 fully saturated rings. The topological polar surface area (TPSA) is 50.5 Å². The van der Waals surface area contributed by atoms with Crippen molar-refractivity contribution in [3.05, 3.63) is 64.5 Å². The quantitative estimate of drug-likeness (QED) is 0.639. The van der Waals surface area contributed by atoms with Gasteiger partial charge in [-0.1, -0.05) is 40.2 Å². The number of pyridine rings is 1. The lowest BCUT2D eigenvalue weighted by Crippen LogP contribution is -2.45. The fraction of sp³-hybridized carbons (Fsp3) is 0.381. The van der Waals surface area contributed by atoms with Crippen molar-refractivity contribution >= 4 is 27.5 Å². The average Bonchev–Trinajstić information content (AvgIpc) is 3.40. The Morgan fingerprint density at radius 3 is 2.74 bits per heavy atom. The minimum atomic E-state index is -0.338. The molecule has 0 bridgehead atoms. The van der Waals surface area contributed by atoms with Crippen LogP contribution in [0.25, 0.3) is 5.65 Å². The van der Waals surface area contributed by atoms with E-state index in [1.165, 1.54) is 0 Å². The molecule has 0 N–H and O–H groups in total. The number of amides is 1. The van der Waals surface area contributed by atoms with E-state index in [1.54, 1.807) is 0 Å². The van der Waals surface area contributed by atoms with Crippen LogP contribution in [-0.2, 0) is 10.2 Å². The molecule has 3 heterocycles. The van der Waals surface area contributed by atoms with Crippen LogP contribution >= 0.6 is 15.9 Å². The van der Waals surface area contributed by atoms with Gasteiger partial charge in [0.2, 0.25) is 5.91 Å². The molecule has 5 rings (SSSR count). The molecule has 3 aromatic rings. The Kier molecular flexibility index (Phi) is 4.04. The van der Waals surface area contributed by atoms with Gasteiger partial charge >= 0.3 is 0 Å². The molecule has 0 spiro atoms. The smallest absolute Gasteiger partial charge is 0.233 e. The normalized spacial score (nSPS) is 21.4. The molecule has 1 aliphatic heterocycles. The lowest BCUT2D eigenvalue weighted by molar-refractivity contribution is -0.135. The molecule has 1 aliphatic carbocycles. The highest BCUT2D eigenvalue weighted by Crippen LogP contribution is 2.52. The lowest BCUT2D eigenvalue weighted by Gasteiger charge is -2.35. The lowest BCUT2D eigenvalue weighted by atomic mass is 9.91. The number of aromatic nitrogens is 3. The average molecular weight is 425 g/mol. The Balaban J connectivity index is 1.41. The third-order valence-corrected chi connectivity index (χ3v) is 6.65. The van der Waals surface area contributed by atoms with Gasteiger partial charge in [0.1, 0.15) is 5.82 Å². The fourth-order valence-electron chi connectivity index (χ4n) is 4.39. The molecule has 2 aromatic heterocycles. The summed E-state index contributed by atoms with van der Waals surface area (Å²) >= 11 is 3.64. The number of fused-ring (bicyclic) bond motifs is 1. The van der Waals surface area contributed by atoms with Crippen molar-refractivity contribution in [1.29, 1.82) is 0 Å². The molecule has 1 amide bonds. The molecule has 1 saturated carbocycles. The highest BCUT2D eigenvalue weighted by atomic mass is 79.9. The SMILES string of the molecule is O=C(N1CCCC(c2nnc3ccccn23)C1)C1(c2ccccc2Br)CC1. The number of nitrogens with zero attached hydrogens (tertiary/aromatic N) is 4. The molecule has 138 valence electrons. The van der Waals surface area contributed by atoms with Crippen molar-refractivity contribution in [3.8, 4) is 0 Å². The van der Waals surface area contributed by atoms with Gasteiger partial charge < -0.3 is 4.90 Å². The zero-order valence-electron chi connectivity index (χ0n) is 15.0. The third kappa shape index (κ3) is 2.78. The van der Waals surface area contributed by atoms with E-state index < -0.39 is 0 Å². The predicted octanol–water partition coefficient (Wildman–Crippen LogP) is 3.93. The van der Waals surface area contributed by atoms with Crippen LogP contribution in [0.1, 0.15) is 43.0 Å². The zero-order chi connectivity index (χ0) is 18.4. The Morgan fingerprint density at radius 1 is 1.11 bits per heavy atom. The number of likely N-dealkylation sites (tertiary alicyclic amines) is 1. The molecule has 2 aliphatic rings. The molecule has 0 radical (unpaired) electrons. The number of halogens is 1. The van der Waals surface area contributed by atoms with E-state index in [4.69, 9.17) is 0 Å². The predicted molar refractivity (Wildman–Crippen MR) is 107 cm³/mol. The van der Waals surface area contributed by atoms with E-state index >= 15 is 0 Å². The molecule has 1 aromatic carbocycles. The summed E-state index contributed by atoms with van der Waals surface area (Å²) in [6.07, 6.45) is 5.92. The molecular weight excluding hydrogens is 404 g/mol. The van der Waals surface area contributed by atoms with Gasteiger partial charge in [0.15, 0.2) is 5.65 Å². The van der Waals surface area contributed by atoms with Crippen molar-refractivity contribution < 1.29 is 4.79 Å². The van der Waals surface area contributed by atoms with E-state index in [1.807, 2.05) is 42.6 Å². The number of piperidine rings is 1. The number of hydrogen-bond donors (Lipinski definition) is 0. The molecule has 1 saturated heterocycles. The number of rotatable bonds is 3. The molecule has 6 heteroatoms. The van der Waals surface area contributed by atoms with E-state index in [-0.39, 0.29) is 17.2 Å². The van der Waals surface area contributed by atoms with E-state index in [9.17, 15) is 4.79 Å². The number of carbonyl (C=O) groups is 1. The van der Waals surface area contributed by atoms with Gasteiger partial charge in [-0.15, -0.1) is 10.2 Å². The maximum absolute atomic E-state index is 13.5. The number of benzene rings is 1. The summed E-state index contributed by atoms with van der Waals surface area (Å²) in [5.74, 6) is 1.47. The second kappa shape index (κ2) is 6.44. The van der Waals surface area contributed by atoms with Crippen molar-refractivity contribution in [3.63, 3.8) is 0 Å². The van der Waals surface area contributed by atoms with Crippen LogP contribution in [0.5, 0.6) is 0 Å². The zero-order valence-corrected chi connectivity index (χ0v) is 16.6. The minimum Gasteiger partial charge on any atom is -0.341 e. The van der Waals surface area contributed by atoms with Crippen LogP contribution in [0, 0.1) is 0 Å². The highest BCUT2D eigenvalue weighted by molar-refractivity contribution is 9.10. The Labute approximate surface area is 166 Å².